The van der Waals surface area contributed by atoms with Gasteiger partial charge in [0.15, 0.2) is 0 Å². The van der Waals surface area contributed by atoms with Crippen LogP contribution in [0.4, 0.5) is 0 Å². The van der Waals surface area contributed by atoms with Gasteiger partial charge >= 0.3 is 5.63 Å². The Labute approximate surface area is 166 Å². The lowest BCUT2D eigenvalue weighted by molar-refractivity contribution is 0.0862. The molecule has 0 fully saturated rings. The number of allylic oxidation sites excluding steroid dienone is 4. The van der Waals surface area contributed by atoms with Crippen molar-refractivity contribution in [3.63, 3.8) is 0 Å². The zero-order valence-corrected chi connectivity index (χ0v) is 17.5. The lowest BCUT2D eigenvalue weighted by Crippen LogP contribution is -2.33. The second-order valence-corrected chi connectivity index (χ2v) is 8.36. The molecule has 0 aliphatic carbocycles. The molecule has 4 heteroatoms. The van der Waals surface area contributed by atoms with Crippen LogP contribution in [0, 0.1) is 0 Å². The van der Waals surface area contributed by atoms with Gasteiger partial charge in [-0.15, -0.1) is 0 Å². The van der Waals surface area contributed by atoms with Gasteiger partial charge in [0.1, 0.15) is 22.7 Å². The van der Waals surface area contributed by atoms with Crippen LogP contribution < -0.4 is 10.4 Å². The van der Waals surface area contributed by atoms with Crippen molar-refractivity contribution >= 4 is 11.0 Å². The van der Waals surface area contributed by atoms with Gasteiger partial charge in [0.2, 0.25) is 0 Å². The monoisotopic (exact) mass is 382 g/mol. The molecule has 0 saturated heterocycles. The van der Waals surface area contributed by atoms with Crippen LogP contribution in [0.1, 0.15) is 71.8 Å². The van der Waals surface area contributed by atoms with E-state index in [0.29, 0.717) is 16.9 Å². The Balaban J connectivity index is 1.78. The minimum absolute atomic E-state index is 0.0590. The minimum atomic E-state index is -0.458. The Kier molecular flexibility index (Phi) is 5.69. The summed E-state index contributed by atoms with van der Waals surface area (Å²) in [5, 5.41) is 10.4. The van der Waals surface area contributed by atoms with Crippen LogP contribution in [0.3, 0.4) is 0 Å². The average molecular weight is 383 g/mol. The van der Waals surface area contributed by atoms with Gasteiger partial charge in [0, 0.05) is 12.0 Å². The molecule has 0 radical (unpaired) electrons. The number of ether oxygens (including phenoxy) is 1. The highest BCUT2D eigenvalue weighted by Gasteiger charge is 2.44. The minimum Gasteiger partial charge on any atom is -0.508 e. The number of hydrogen-bond donors (Lipinski definition) is 1. The van der Waals surface area contributed by atoms with Crippen molar-refractivity contribution < 1.29 is 14.3 Å². The molecule has 1 aliphatic heterocycles. The summed E-state index contributed by atoms with van der Waals surface area (Å²) in [6, 6.07) is 4.79. The summed E-state index contributed by atoms with van der Waals surface area (Å²) in [7, 11) is 0. The maximum atomic E-state index is 12.5. The summed E-state index contributed by atoms with van der Waals surface area (Å²) in [5.74, 6) is 0.611. The predicted molar refractivity (Wildman–Crippen MR) is 113 cm³/mol. The predicted octanol–water partition coefficient (Wildman–Crippen LogP) is 6.23. The van der Waals surface area contributed by atoms with E-state index in [1.54, 1.807) is 12.1 Å². The zero-order valence-electron chi connectivity index (χ0n) is 17.5. The van der Waals surface area contributed by atoms with E-state index in [0.717, 1.165) is 31.1 Å². The summed E-state index contributed by atoms with van der Waals surface area (Å²) in [6.07, 6.45) is 8.40. The molecule has 28 heavy (non-hydrogen) atoms. The smallest absolute Gasteiger partial charge is 0.343 e. The molecule has 2 heterocycles. The van der Waals surface area contributed by atoms with Crippen LogP contribution in [0.25, 0.3) is 11.0 Å². The summed E-state index contributed by atoms with van der Waals surface area (Å²) in [4.78, 5) is 12.5. The van der Waals surface area contributed by atoms with Gasteiger partial charge in [-0.25, -0.2) is 4.79 Å². The third-order valence-corrected chi connectivity index (χ3v) is 5.79. The molecule has 0 saturated carbocycles. The van der Waals surface area contributed by atoms with Crippen molar-refractivity contribution in [3.8, 4) is 11.5 Å². The lowest BCUT2D eigenvalue weighted by Gasteiger charge is -2.28. The van der Waals surface area contributed by atoms with Gasteiger partial charge in [0.05, 0.1) is 10.9 Å². The fourth-order valence-corrected chi connectivity index (χ4v) is 3.85. The van der Waals surface area contributed by atoms with E-state index in [2.05, 4.69) is 39.8 Å². The van der Waals surface area contributed by atoms with Crippen molar-refractivity contribution in [1.29, 1.82) is 0 Å². The second kappa shape index (κ2) is 7.86. The van der Waals surface area contributed by atoms with Crippen LogP contribution in [0.2, 0.25) is 0 Å². The molecule has 2 aromatic rings. The van der Waals surface area contributed by atoms with Gasteiger partial charge in [0.25, 0.3) is 0 Å². The van der Waals surface area contributed by atoms with Crippen molar-refractivity contribution in [3.05, 3.63) is 57.5 Å². The zero-order chi connectivity index (χ0) is 20.5. The van der Waals surface area contributed by atoms with Crippen LogP contribution in [0.15, 0.2) is 50.7 Å². The largest absolute Gasteiger partial charge is 0.508 e. The van der Waals surface area contributed by atoms with E-state index >= 15 is 0 Å². The SMILES string of the molecule is CC(C)=CCCC(C)=CCC[C@]1(C)Oc2c(c(=O)oc3cc(O)ccc23)[C@@H]1C. The quantitative estimate of drug-likeness (QED) is 0.475. The third-order valence-electron chi connectivity index (χ3n) is 5.79. The molecular formula is C24H30O4. The van der Waals surface area contributed by atoms with Crippen molar-refractivity contribution in [2.75, 3.05) is 0 Å². The number of phenolic OH excluding ortho intramolecular Hbond substituents is 1. The van der Waals surface area contributed by atoms with Crippen molar-refractivity contribution in [2.45, 2.75) is 71.8 Å². The van der Waals surface area contributed by atoms with E-state index in [4.69, 9.17) is 9.15 Å². The Bertz CT molecular complexity index is 992. The van der Waals surface area contributed by atoms with Crippen molar-refractivity contribution in [1.82, 2.24) is 0 Å². The fraction of sp³-hybridized carbons (Fsp3) is 0.458. The molecule has 1 aromatic carbocycles. The number of phenols is 1. The lowest BCUT2D eigenvalue weighted by atomic mass is 9.84. The van der Waals surface area contributed by atoms with Gasteiger partial charge in [-0.1, -0.05) is 30.2 Å². The van der Waals surface area contributed by atoms with Crippen LogP contribution in [0.5, 0.6) is 11.5 Å². The first kappa shape index (κ1) is 20.2. The topological polar surface area (TPSA) is 59.7 Å². The Morgan fingerprint density at radius 1 is 1.21 bits per heavy atom. The molecular weight excluding hydrogens is 352 g/mol. The standard InChI is InChI=1S/C24H30O4/c1-15(2)8-6-9-16(3)10-7-13-24(5)17(4)21-22(28-24)19-12-11-18(25)14-20(19)27-23(21)26/h8,10-12,14,17,25H,6-7,9,13H2,1-5H3/t17-,24-/m0/s1. The van der Waals surface area contributed by atoms with Gasteiger partial charge in [-0.3, -0.25) is 0 Å². The van der Waals surface area contributed by atoms with Crippen LogP contribution >= 0.6 is 0 Å². The first-order chi connectivity index (χ1) is 13.2. The molecule has 150 valence electrons. The Morgan fingerprint density at radius 3 is 2.68 bits per heavy atom. The molecule has 1 aromatic heterocycles. The third kappa shape index (κ3) is 4.01. The number of aromatic hydroxyl groups is 1. The molecule has 0 bridgehead atoms. The molecule has 0 spiro atoms. The summed E-state index contributed by atoms with van der Waals surface area (Å²) in [5.41, 5.74) is 2.85. The number of hydrogen-bond acceptors (Lipinski definition) is 4. The fourth-order valence-electron chi connectivity index (χ4n) is 3.85. The van der Waals surface area contributed by atoms with Gasteiger partial charge in [-0.2, -0.15) is 0 Å². The van der Waals surface area contributed by atoms with E-state index in [1.165, 1.54) is 17.2 Å². The van der Waals surface area contributed by atoms with E-state index < -0.39 is 5.60 Å². The summed E-state index contributed by atoms with van der Waals surface area (Å²) in [6.45, 7) is 10.5. The maximum absolute atomic E-state index is 12.5. The molecule has 0 unspecified atom stereocenters. The maximum Gasteiger partial charge on any atom is 0.343 e. The highest BCUT2D eigenvalue weighted by molar-refractivity contribution is 5.86. The first-order valence-electron chi connectivity index (χ1n) is 9.99. The van der Waals surface area contributed by atoms with Crippen LogP contribution in [-0.4, -0.2) is 10.7 Å². The molecule has 0 amide bonds. The summed E-state index contributed by atoms with van der Waals surface area (Å²) < 4.78 is 11.8. The van der Waals surface area contributed by atoms with Gasteiger partial charge in [-0.05, 0) is 65.5 Å². The van der Waals surface area contributed by atoms with Gasteiger partial charge < -0.3 is 14.3 Å². The van der Waals surface area contributed by atoms with Crippen molar-refractivity contribution in [2.24, 2.45) is 0 Å². The average Bonchev–Trinajstić information content (AvgIpc) is 2.86. The highest BCUT2D eigenvalue weighted by Crippen LogP contribution is 2.48. The molecule has 1 aliphatic rings. The summed E-state index contributed by atoms with van der Waals surface area (Å²) >= 11 is 0. The normalized spacial score (nSPS) is 21.5. The number of benzene rings is 1. The molecule has 4 nitrogen and oxygen atoms in total. The van der Waals surface area contributed by atoms with E-state index in [-0.39, 0.29) is 17.3 Å². The van der Waals surface area contributed by atoms with E-state index in [9.17, 15) is 9.90 Å². The number of fused-ring (bicyclic) bond motifs is 3. The first-order valence-corrected chi connectivity index (χ1v) is 9.99. The molecule has 2 atom stereocenters. The molecule has 1 N–H and O–H groups in total. The second-order valence-electron chi connectivity index (χ2n) is 8.36. The Hall–Kier alpha value is -2.49. The van der Waals surface area contributed by atoms with E-state index in [1.807, 2.05) is 6.92 Å². The highest BCUT2D eigenvalue weighted by atomic mass is 16.5. The molecule has 3 rings (SSSR count). The van der Waals surface area contributed by atoms with Crippen LogP contribution in [-0.2, 0) is 0 Å². The number of rotatable bonds is 6. The Morgan fingerprint density at radius 2 is 1.96 bits per heavy atom.